The van der Waals surface area contributed by atoms with E-state index in [9.17, 15) is 12.9 Å². The lowest BCUT2D eigenvalue weighted by atomic mass is 9.91. The zero-order valence-electron chi connectivity index (χ0n) is 6.72. The second-order valence-corrected chi connectivity index (χ2v) is 3.30. The smallest absolute Gasteiger partial charge is 0.445 e. The van der Waals surface area contributed by atoms with Crippen LogP contribution < -0.4 is 0 Å². The Hall–Kier alpha value is -0.675. The Morgan fingerprint density at radius 2 is 1.64 bits per heavy atom. The topological polar surface area (TPSA) is 12.9 Å². The molecule has 1 aromatic heterocycles. The van der Waals surface area contributed by atoms with Crippen LogP contribution in [-0.2, 0) is 0 Å². The lowest BCUT2D eigenvalue weighted by Gasteiger charge is -2.06. The van der Waals surface area contributed by atoms with Gasteiger partial charge in [-0.25, -0.2) is 4.98 Å². The minimum absolute atomic E-state index is 0.0619. The highest BCUT2D eigenvalue weighted by Crippen LogP contribution is 2.18. The van der Waals surface area contributed by atoms with E-state index in [0.717, 1.165) is 6.08 Å². The van der Waals surface area contributed by atoms with Gasteiger partial charge in [-0.05, 0) is 17.7 Å². The fourth-order valence-corrected chi connectivity index (χ4v) is 1.28. The van der Waals surface area contributed by atoms with Gasteiger partial charge < -0.3 is 12.9 Å². The SMILES string of the molecule is F[B-](F)(F)/C=C/c1cc(Cl)nc(Cl)c1. The summed E-state index contributed by atoms with van der Waals surface area (Å²) < 4.78 is 35.5. The van der Waals surface area contributed by atoms with E-state index in [0.29, 0.717) is 0 Å². The summed E-state index contributed by atoms with van der Waals surface area (Å²) in [6, 6.07) is 2.59. The van der Waals surface area contributed by atoms with E-state index in [1.807, 2.05) is 0 Å². The van der Waals surface area contributed by atoms with Crippen molar-refractivity contribution in [3.05, 3.63) is 34.0 Å². The van der Waals surface area contributed by atoms with Gasteiger partial charge in [0.15, 0.2) is 0 Å². The van der Waals surface area contributed by atoms with E-state index < -0.39 is 6.98 Å². The summed E-state index contributed by atoms with van der Waals surface area (Å²) in [6.45, 7) is -4.94. The molecule has 0 atom stereocenters. The highest BCUT2D eigenvalue weighted by atomic mass is 35.5. The molecule has 7 heteroatoms. The van der Waals surface area contributed by atoms with Crippen molar-refractivity contribution in [2.75, 3.05) is 0 Å². The quantitative estimate of drug-likeness (QED) is 0.566. The first-order valence-electron chi connectivity index (χ1n) is 3.59. The van der Waals surface area contributed by atoms with Crippen molar-refractivity contribution in [2.24, 2.45) is 0 Å². The number of rotatable bonds is 2. The number of nitrogens with zero attached hydrogens (tertiary/aromatic N) is 1. The molecular weight excluding hydrogens is 237 g/mol. The molecule has 0 aliphatic heterocycles. The van der Waals surface area contributed by atoms with Crippen molar-refractivity contribution in [3.63, 3.8) is 0 Å². The number of hydrogen-bond donors (Lipinski definition) is 0. The number of hydrogen-bond acceptors (Lipinski definition) is 1. The zero-order valence-corrected chi connectivity index (χ0v) is 8.24. The van der Waals surface area contributed by atoms with Crippen molar-refractivity contribution < 1.29 is 12.9 Å². The van der Waals surface area contributed by atoms with E-state index in [1.54, 1.807) is 0 Å². The summed E-state index contributed by atoms with van der Waals surface area (Å²) in [4.78, 5) is 3.60. The van der Waals surface area contributed by atoms with Gasteiger partial charge in [0.2, 0.25) is 0 Å². The van der Waals surface area contributed by atoms with Gasteiger partial charge in [-0.2, -0.15) is 0 Å². The van der Waals surface area contributed by atoms with Crippen LogP contribution >= 0.6 is 23.2 Å². The minimum Gasteiger partial charge on any atom is -0.445 e. The van der Waals surface area contributed by atoms with E-state index in [2.05, 4.69) is 4.98 Å². The normalized spacial score (nSPS) is 12.4. The highest BCUT2D eigenvalue weighted by molar-refractivity contribution is 6.64. The summed E-state index contributed by atoms with van der Waals surface area (Å²) in [5.41, 5.74) is 0.272. The maximum absolute atomic E-state index is 11.8. The van der Waals surface area contributed by atoms with Crippen LogP contribution in [0.2, 0.25) is 10.3 Å². The van der Waals surface area contributed by atoms with Gasteiger partial charge in [0.05, 0.1) is 0 Å². The molecule has 0 radical (unpaired) electrons. The van der Waals surface area contributed by atoms with Crippen molar-refractivity contribution in [1.82, 2.24) is 4.98 Å². The van der Waals surface area contributed by atoms with Gasteiger partial charge >= 0.3 is 6.98 Å². The van der Waals surface area contributed by atoms with Crippen molar-refractivity contribution in [1.29, 1.82) is 0 Å². The monoisotopic (exact) mass is 240 g/mol. The molecule has 0 unspecified atom stereocenters. The standard InChI is InChI=1S/C7H4BCl2F3N/c9-6-3-5(4-7(10)14-6)1-2-8(11,12)13/h1-4H/q-1/b2-1+. The van der Waals surface area contributed by atoms with E-state index in [1.165, 1.54) is 12.1 Å². The molecule has 14 heavy (non-hydrogen) atoms. The van der Waals surface area contributed by atoms with Crippen molar-refractivity contribution >= 4 is 36.3 Å². The highest BCUT2D eigenvalue weighted by Gasteiger charge is 2.16. The molecular formula is C7H4BCl2F3N-. The summed E-state index contributed by atoms with van der Waals surface area (Å²) in [5, 5.41) is 0.124. The summed E-state index contributed by atoms with van der Waals surface area (Å²) in [5.74, 6) is 0.169. The Labute approximate surface area is 88.6 Å². The molecule has 0 aliphatic rings. The average molecular weight is 241 g/mol. The molecule has 1 rings (SSSR count). The largest absolute Gasteiger partial charge is 0.502 e. The Morgan fingerprint density at radius 3 is 2.07 bits per heavy atom. The third-order valence-electron chi connectivity index (χ3n) is 1.29. The molecule has 0 aromatic carbocycles. The number of halogens is 5. The van der Waals surface area contributed by atoms with E-state index in [-0.39, 0.29) is 21.8 Å². The second kappa shape index (κ2) is 4.23. The second-order valence-electron chi connectivity index (χ2n) is 2.53. The summed E-state index contributed by atoms with van der Waals surface area (Å²) in [7, 11) is 0. The van der Waals surface area contributed by atoms with Crippen LogP contribution in [0.1, 0.15) is 5.56 Å². The van der Waals surface area contributed by atoms with Crippen LogP contribution in [-0.4, -0.2) is 12.0 Å². The minimum atomic E-state index is -4.94. The lowest BCUT2D eigenvalue weighted by molar-refractivity contribution is 0.499. The Morgan fingerprint density at radius 1 is 1.14 bits per heavy atom. The molecule has 1 heterocycles. The molecule has 0 amide bonds. The average Bonchev–Trinajstić information content (AvgIpc) is 1.97. The predicted molar refractivity (Wildman–Crippen MR) is 52.4 cm³/mol. The van der Waals surface area contributed by atoms with Gasteiger partial charge in [-0.1, -0.05) is 29.3 Å². The molecule has 1 aromatic rings. The van der Waals surface area contributed by atoms with Gasteiger partial charge in [0.1, 0.15) is 10.3 Å². The van der Waals surface area contributed by atoms with Gasteiger partial charge in [0.25, 0.3) is 0 Å². The summed E-state index contributed by atoms with van der Waals surface area (Å²) >= 11 is 11.0. The first kappa shape index (κ1) is 11.4. The fourth-order valence-electron chi connectivity index (χ4n) is 0.800. The molecule has 0 fully saturated rings. The molecule has 0 saturated heterocycles. The van der Waals surface area contributed by atoms with Crippen molar-refractivity contribution in [2.45, 2.75) is 0 Å². The molecule has 0 N–H and O–H groups in total. The van der Waals surface area contributed by atoms with Crippen LogP contribution in [0.4, 0.5) is 12.9 Å². The summed E-state index contributed by atoms with van der Waals surface area (Å²) in [6.07, 6.45) is 0.902. The zero-order chi connectivity index (χ0) is 10.8. The van der Waals surface area contributed by atoms with Crippen LogP contribution in [0.5, 0.6) is 0 Å². The molecule has 0 spiro atoms. The first-order chi connectivity index (χ1) is 6.37. The van der Waals surface area contributed by atoms with Gasteiger partial charge in [-0.15, -0.1) is 5.98 Å². The lowest BCUT2D eigenvalue weighted by Crippen LogP contribution is -2.09. The maximum atomic E-state index is 11.8. The van der Waals surface area contributed by atoms with Crippen molar-refractivity contribution in [3.8, 4) is 0 Å². The first-order valence-corrected chi connectivity index (χ1v) is 4.35. The third-order valence-corrected chi connectivity index (χ3v) is 1.68. The van der Waals surface area contributed by atoms with Crippen LogP contribution in [0.25, 0.3) is 6.08 Å². The van der Waals surface area contributed by atoms with Gasteiger partial charge in [0, 0.05) is 0 Å². The van der Waals surface area contributed by atoms with Crippen LogP contribution in [0.3, 0.4) is 0 Å². The molecule has 0 saturated carbocycles. The van der Waals surface area contributed by atoms with Gasteiger partial charge in [-0.3, -0.25) is 0 Å². The number of aromatic nitrogens is 1. The Bertz CT molecular complexity index is 344. The maximum Gasteiger partial charge on any atom is 0.502 e. The van der Waals surface area contributed by atoms with Crippen LogP contribution in [0.15, 0.2) is 18.1 Å². The Balaban J connectivity index is 2.92. The third kappa shape index (κ3) is 4.02. The molecule has 0 aliphatic carbocycles. The van der Waals surface area contributed by atoms with E-state index in [4.69, 9.17) is 23.2 Å². The van der Waals surface area contributed by atoms with Crippen LogP contribution in [0, 0.1) is 0 Å². The van der Waals surface area contributed by atoms with E-state index >= 15 is 0 Å². The Kier molecular flexibility index (Phi) is 3.45. The molecule has 76 valence electrons. The number of pyridine rings is 1. The molecule has 1 nitrogen and oxygen atoms in total. The molecule has 0 bridgehead atoms. The predicted octanol–water partition coefficient (Wildman–Crippen LogP) is 3.79. The fraction of sp³-hybridized carbons (Fsp3) is 0.